The van der Waals surface area contributed by atoms with Crippen LogP contribution in [0.1, 0.15) is 35.6 Å². The molecule has 44 heavy (non-hydrogen) atoms. The fourth-order valence-electron chi connectivity index (χ4n) is 4.94. The molecule has 4 aromatic rings. The molecule has 0 spiro atoms. The molecular weight excluding hydrogens is 594 g/mol. The van der Waals surface area contributed by atoms with Gasteiger partial charge >= 0.3 is 0 Å². The number of carbonyl (C=O) groups excluding carboxylic acids is 2. The number of nitrogens with one attached hydrogen (secondary N) is 1. The van der Waals surface area contributed by atoms with Crippen LogP contribution in [0, 0.1) is 13.8 Å². The van der Waals surface area contributed by atoms with Crippen molar-refractivity contribution in [2.45, 2.75) is 51.1 Å². The van der Waals surface area contributed by atoms with E-state index in [4.69, 9.17) is 11.6 Å². The predicted octanol–water partition coefficient (Wildman–Crippen LogP) is 6.32. The van der Waals surface area contributed by atoms with Gasteiger partial charge in [-0.25, -0.2) is 8.42 Å². The zero-order valence-electron chi connectivity index (χ0n) is 25.2. The summed E-state index contributed by atoms with van der Waals surface area (Å²) >= 11 is 6.22. The van der Waals surface area contributed by atoms with Crippen molar-refractivity contribution in [2.24, 2.45) is 0 Å². The van der Waals surface area contributed by atoms with Crippen molar-refractivity contribution in [3.05, 3.63) is 130 Å². The molecule has 0 aliphatic rings. The number of amides is 2. The molecule has 4 aromatic carbocycles. The minimum absolute atomic E-state index is 0.0498. The fraction of sp³-hybridized carbons (Fsp3) is 0.257. The van der Waals surface area contributed by atoms with Gasteiger partial charge in [0, 0.05) is 24.5 Å². The maximum atomic E-state index is 14.5. The van der Waals surface area contributed by atoms with Crippen molar-refractivity contribution in [1.29, 1.82) is 0 Å². The van der Waals surface area contributed by atoms with Crippen molar-refractivity contribution in [3.63, 3.8) is 0 Å². The molecule has 7 nitrogen and oxygen atoms in total. The monoisotopic (exact) mass is 631 g/mol. The van der Waals surface area contributed by atoms with Crippen LogP contribution in [0.5, 0.6) is 0 Å². The van der Waals surface area contributed by atoms with Crippen LogP contribution in [0.4, 0.5) is 5.69 Å². The van der Waals surface area contributed by atoms with Gasteiger partial charge in [0.05, 0.1) is 10.6 Å². The van der Waals surface area contributed by atoms with Crippen LogP contribution in [0.15, 0.2) is 108 Å². The summed E-state index contributed by atoms with van der Waals surface area (Å²) < 4.78 is 29.3. The topological polar surface area (TPSA) is 86.8 Å². The standard InChI is InChI=1S/C35H38ClN3O4S/c1-4-21-37-35(41)33(23-28-11-7-5-8-12-28)38(24-29-17-15-26(2)16-18-29)34(40)25-39(32-20-19-30(36)22-27(32)3)44(42,43)31-13-9-6-10-14-31/h5-20,22,33H,4,21,23-25H2,1-3H3,(H,37,41)/t33-/m1/s1. The zero-order chi connectivity index (χ0) is 31.7. The Labute approximate surface area is 265 Å². The zero-order valence-corrected chi connectivity index (χ0v) is 26.8. The van der Waals surface area contributed by atoms with Crippen LogP contribution < -0.4 is 9.62 Å². The Morgan fingerprint density at radius 1 is 0.841 bits per heavy atom. The lowest BCUT2D eigenvalue weighted by Crippen LogP contribution is -2.53. The van der Waals surface area contributed by atoms with Gasteiger partial charge < -0.3 is 10.2 Å². The predicted molar refractivity (Wildman–Crippen MR) is 176 cm³/mol. The fourth-order valence-corrected chi connectivity index (χ4v) is 6.67. The van der Waals surface area contributed by atoms with Crippen molar-refractivity contribution < 1.29 is 18.0 Å². The van der Waals surface area contributed by atoms with Gasteiger partial charge in [-0.3, -0.25) is 13.9 Å². The van der Waals surface area contributed by atoms with E-state index in [1.165, 1.54) is 17.0 Å². The van der Waals surface area contributed by atoms with Crippen LogP contribution in [-0.4, -0.2) is 44.3 Å². The molecule has 0 aromatic heterocycles. The number of hydrogen-bond donors (Lipinski definition) is 1. The summed E-state index contributed by atoms with van der Waals surface area (Å²) in [4.78, 5) is 29.7. The average Bonchev–Trinajstić information content (AvgIpc) is 3.02. The second-order valence-electron chi connectivity index (χ2n) is 10.8. The third-order valence-electron chi connectivity index (χ3n) is 7.33. The van der Waals surface area contributed by atoms with Gasteiger partial charge in [0.25, 0.3) is 10.0 Å². The van der Waals surface area contributed by atoms with E-state index in [-0.39, 0.29) is 23.8 Å². The summed E-state index contributed by atoms with van der Waals surface area (Å²) in [7, 11) is -4.17. The Morgan fingerprint density at radius 2 is 1.48 bits per heavy atom. The van der Waals surface area contributed by atoms with Gasteiger partial charge in [-0.05, 0) is 67.3 Å². The highest BCUT2D eigenvalue weighted by atomic mass is 35.5. The van der Waals surface area contributed by atoms with Gasteiger partial charge in [0.2, 0.25) is 11.8 Å². The van der Waals surface area contributed by atoms with Crippen LogP contribution >= 0.6 is 11.6 Å². The SMILES string of the molecule is CCCNC(=O)[C@@H](Cc1ccccc1)N(Cc1ccc(C)cc1)C(=O)CN(c1ccc(Cl)cc1C)S(=O)(=O)c1ccccc1. The Balaban J connectivity index is 1.81. The minimum atomic E-state index is -4.17. The molecule has 2 amide bonds. The number of anilines is 1. The van der Waals surface area contributed by atoms with E-state index < -0.39 is 28.5 Å². The van der Waals surface area contributed by atoms with Gasteiger partial charge in [-0.15, -0.1) is 0 Å². The van der Waals surface area contributed by atoms with Crippen molar-refractivity contribution >= 4 is 39.1 Å². The molecule has 0 radical (unpaired) electrons. The number of sulfonamides is 1. The number of benzene rings is 4. The van der Waals surface area contributed by atoms with Crippen LogP contribution in [0.3, 0.4) is 0 Å². The highest BCUT2D eigenvalue weighted by Crippen LogP contribution is 2.29. The lowest BCUT2D eigenvalue weighted by atomic mass is 10.0. The first kappa shape index (κ1) is 32.8. The first-order chi connectivity index (χ1) is 21.1. The largest absolute Gasteiger partial charge is 0.354 e. The lowest BCUT2D eigenvalue weighted by molar-refractivity contribution is -0.140. The maximum absolute atomic E-state index is 14.5. The van der Waals surface area contributed by atoms with E-state index in [2.05, 4.69) is 5.32 Å². The second kappa shape index (κ2) is 15.0. The number of carbonyl (C=O) groups is 2. The summed E-state index contributed by atoms with van der Waals surface area (Å²) in [6.45, 7) is 5.74. The molecule has 0 heterocycles. The first-order valence-electron chi connectivity index (χ1n) is 14.6. The molecule has 1 atom stereocenters. The van der Waals surface area contributed by atoms with E-state index in [1.807, 2.05) is 68.4 Å². The van der Waals surface area contributed by atoms with E-state index >= 15 is 0 Å². The van der Waals surface area contributed by atoms with Gasteiger partial charge in [0.15, 0.2) is 0 Å². The number of aryl methyl sites for hydroxylation is 2. The summed E-state index contributed by atoms with van der Waals surface area (Å²) in [5.41, 5.74) is 3.69. The third kappa shape index (κ3) is 8.27. The van der Waals surface area contributed by atoms with Crippen LogP contribution in [-0.2, 0) is 32.6 Å². The van der Waals surface area contributed by atoms with E-state index in [0.29, 0.717) is 22.8 Å². The number of hydrogen-bond acceptors (Lipinski definition) is 4. The van der Waals surface area contributed by atoms with Gasteiger partial charge in [-0.1, -0.05) is 96.9 Å². The molecule has 0 fully saturated rings. The Hall–Kier alpha value is -4.14. The Bertz CT molecular complexity index is 1660. The van der Waals surface area contributed by atoms with Gasteiger partial charge in [0.1, 0.15) is 12.6 Å². The van der Waals surface area contributed by atoms with E-state index in [1.54, 1.807) is 43.3 Å². The molecule has 0 saturated heterocycles. The molecule has 0 aliphatic carbocycles. The minimum Gasteiger partial charge on any atom is -0.354 e. The summed E-state index contributed by atoms with van der Waals surface area (Å²) in [6.07, 6.45) is 0.994. The molecule has 0 saturated carbocycles. The lowest BCUT2D eigenvalue weighted by Gasteiger charge is -2.34. The number of nitrogens with zero attached hydrogens (tertiary/aromatic N) is 2. The first-order valence-corrected chi connectivity index (χ1v) is 16.4. The third-order valence-corrected chi connectivity index (χ3v) is 9.34. The Kier molecular flexibility index (Phi) is 11.2. The van der Waals surface area contributed by atoms with E-state index in [9.17, 15) is 18.0 Å². The van der Waals surface area contributed by atoms with Crippen molar-refractivity contribution in [2.75, 3.05) is 17.4 Å². The van der Waals surface area contributed by atoms with E-state index in [0.717, 1.165) is 27.4 Å². The molecule has 0 aliphatic heterocycles. The molecule has 4 rings (SSSR count). The number of halogens is 1. The summed E-state index contributed by atoms with van der Waals surface area (Å²) in [6, 6.07) is 29.2. The molecule has 9 heteroatoms. The average molecular weight is 632 g/mol. The highest BCUT2D eigenvalue weighted by molar-refractivity contribution is 7.92. The highest BCUT2D eigenvalue weighted by Gasteiger charge is 2.35. The second-order valence-corrected chi connectivity index (χ2v) is 13.1. The quantitative estimate of drug-likeness (QED) is 0.187. The Morgan fingerprint density at radius 3 is 2.09 bits per heavy atom. The summed E-state index contributed by atoms with van der Waals surface area (Å²) in [5.74, 6) is -0.802. The van der Waals surface area contributed by atoms with Crippen molar-refractivity contribution in [1.82, 2.24) is 10.2 Å². The number of rotatable bonds is 13. The van der Waals surface area contributed by atoms with Crippen molar-refractivity contribution in [3.8, 4) is 0 Å². The van der Waals surface area contributed by atoms with Crippen LogP contribution in [0.25, 0.3) is 0 Å². The smallest absolute Gasteiger partial charge is 0.264 e. The van der Waals surface area contributed by atoms with Crippen LogP contribution in [0.2, 0.25) is 5.02 Å². The molecular formula is C35H38ClN3O4S. The van der Waals surface area contributed by atoms with Gasteiger partial charge in [-0.2, -0.15) is 0 Å². The maximum Gasteiger partial charge on any atom is 0.264 e. The molecule has 230 valence electrons. The normalized spacial score (nSPS) is 11.9. The molecule has 0 unspecified atom stereocenters. The molecule has 0 bridgehead atoms. The summed E-state index contributed by atoms with van der Waals surface area (Å²) in [5, 5.41) is 3.41. The molecule has 1 N–H and O–H groups in total.